The van der Waals surface area contributed by atoms with Crippen molar-refractivity contribution in [3.8, 4) is 11.5 Å². The van der Waals surface area contributed by atoms with Crippen molar-refractivity contribution in [3.63, 3.8) is 0 Å². The van der Waals surface area contributed by atoms with Gasteiger partial charge in [0.1, 0.15) is 12.4 Å². The second-order valence-corrected chi connectivity index (χ2v) is 6.41. The number of hydrogen-bond donors (Lipinski definition) is 0. The quantitative estimate of drug-likeness (QED) is 0.415. The number of para-hydroxylation sites is 1. The van der Waals surface area contributed by atoms with Crippen LogP contribution in [0.2, 0.25) is 0 Å². The number of benzene rings is 2. The zero-order valence-corrected chi connectivity index (χ0v) is 15.0. The second kappa shape index (κ2) is 8.45. The lowest BCUT2D eigenvalue weighted by Crippen LogP contribution is -2.00. The van der Waals surface area contributed by atoms with E-state index in [9.17, 15) is 9.18 Å². The molecule has 0 radical (unpaired) electrons. The summed E-state index contributed by atoms with van der Waals surface area (Å²) in [6, 6.07) is 15.4. The molecule has 1 aromatic heterocycles. The number of thiophene rings is 1. The zero-order chi connectivity index (χ0) is 18.4. The van der Waals surface area contributed by atoms with Gasteiger partial charge in [0.05, 0.1) is 12.0 Å². The van der Waals surface area contributed by atoms with Crippen LogP contribution in [-0.2, 0) is 6.61 Å². The maximum atomic E-state index is 13.7. The summed E-state index contributed by atoms with van der Waals surface area (Å²) >= 11 is 1.41. The highest BCUT2D eigenvalue weighted by atomic mass is 32.1. The molecule has 1 heterocycles. The first kappa shape index (κ1) is 17.9. The molecule has 0 N–H and O–H groups in total. The van der Waals surface area contributed by atoms with Gasteiger partial charge in [0, 0.05) is 5.56 Å². The SMILES string of the molecule is COc1ccc(/C=C/C(=O)c2cccs2)cc1COc1ccccc1F. The maximum Gasteiger partial charge on any atom is 0.195 e. The molecule has 0 bridgehead atoms. The van der Waals surface area contributed by atoms with Crippen LogP contribution in [-0.4, -0.2) is 12.9 Å². The Hall–Kier alpha value is -2.92. The average Bonchev–Trinajstić information content (AvgIpc) is 3.20. The van der Waals surface area contributed by atoms with Crippen LogP contribution in [0, 0.1) is 5.82 Å². The predicted molar refractivity (Wildman–Crippen MR) is 101 cm³/mol. The predicted octanol–water partition coefficient (Wildman–Crippen LogP) is 5.37. The maximum absolute atomic E-state index is 13.7. The molecule has 0 saturated heterocycles. The van der Waals surface area contributed by atoms with E-state index < -0.39 is 5.82 Å². The van der Waals surface area contributed by atoms with Gasteiger partial charge in [0.25, 0.3) is 0 Å². The molecule has 0 aliphatic rings. The minimum atomic E-state index is -0.413. The fourth-order valence-corrected chi connectivity index (χ4v) is 3.05. The van der Waals surface area contributed by atoms with E-state index >= 15 is 0 Å². The standard InChI is InChI=1S/C21H17FO3S/c1-24-19-11-9-15(8-10-18(23)21-7-4-12-26-21)13-16(19)14-25-20-6-3-2-5-17(20)22/h2-13H,14H2,1H3/b10-8+. The smallest absolute Gasteiger partial charge is 0.195 e. The summed E-state index contributed by atoms with van der Waals surface area (Å²) in [7, 11) is 1.57. The van der Waals surface area contributed by atoms with Gasteiger partial charge in [-0.3, -0.25) is 4.79 Å². The van der Waals surface area contributed by atoms with Crippen molar-refractivity contribution in [3.05, 3.63) is 87.9 Å². The topological polar surface area (TPSA) is 35.5 Å². The van der Waals surface area contributed by atoms with Crippen molar-refractivity contribution < 1.29 is 18.7 Å². The van der Waals surface area contributed by atoms with Crippen LogP contribution in [0.3, 0.4) is 0 Å². The molecule has 3 aromatic rings. The third-order valence-electron chi connectivity index (χ3n) is 3.72. The monoisotopic (exact) mass is 368 g/mol. The first-order chi connectivity index (χ1) is 12.7. The molecule has 0 spiro atoms. The highest BCUT2D eigenvalue weighted by molar-refractivity contribution is 7.12. The molecule has 132 valence electrons. The Morgan fingerprint density at radius 3 is 2.69 bits per heavy atom. The van der Waals surface area contributed by atoms with E-state index in [0.717, 1.165) is 11.1 Å². The Kier molecular flexibility index (Phi) is 5.81. The van der Waals surface area contributed by atoms with Gasteiger partial charge in [-0.15, -0.1) is 11.3 Å². The minimum Gasteiger partial charge on any atom is -0.496 e. The van der Waals surface area contributed by atoms with E-state index in [-0.39, 0.29) is 18.1 Å². The summed E-state index contributed by atoms with van der Waals surface area (Å²) in [6.45, 7) is 0.157. The number of ether oxygens (including phenoxy) is 2. The van der Waals surface area contributed by atoms with Crippen molar-refractivity contribution in [2.75, 3.05) is 7.11 Å². The second-order valence-electron chi connectivity index (χ2n) is 5.47. The Balaban J connectivity index is 1.76. The summed E-state index contributed by atoms with van der Waals surface area (Å²) in [6.07, 6.45) is 3.28. The number of allylic oxidation sites excluding steroid dienone is 1. The Morgan fingerprint density at radius 1 is 1.12 bits per heavy atom. The molecule has 26 heavy (non-hydrogen) atoms. The molecule has 0 unspecified atom stereocenters. The highest BCUT2D eigenvalue weighted by Gasteiger charge is 2.08. The summed E-state index contributed by atoms with van der Waals surface area (Å²) in [5.74, 6) is 0.371. The fraction of sp³-hybridized carbons (Fsp3) is 0.0952. The number of carbonyl (C=O) groups is 1. The molecular formula is C21H17FO3S. The van der Waals surface area contributed by atoms with E-state index in [0.29, 0.717) is 10.6 Å². The van der Waals surface area contributed by atoms with Gasteiger partial charge in [-0.1, -0.05) is 30.3 Å². The van der Waals surface area contributed by atoms with Crippen molar-refractivity contribution >= 4 is 23.2 Å². The number of methoxy groups -OCH3 is 1. The molecular weight excluding hydrogens is 351 g/mol. The van der Waals surface area contributed by atoms with Crippen LogP contribution >= 0.6 is 11.3 Å². The number of ketones is 1. The van der Waals surface area contributed by atoms with Gasteiger partial charge >= 0.3 is 0 Å². The summed E-state index contributed by atoms with van der Waals surface area (Å²) in [5, 5.41) is 1.87. The summed E-state index contributed by atoms with van der Waals surface area (Å²) < 4.78 is 24.6. The lowest BCUT2D eigenvalue weighted by atomic mass is 10.1. The van der Waals surface area contributed by atoms with E-state index in [1.165, 1.54) is 23.5 Å². The first-order valence-electron chi connectivity index (χ1n) is 7.97. The summed E-state index contributed by atoms with van der Waals surface area (Å²) in [4.78, 5) is 12.8. The van der Waals surface area contributed by atoms with Crippen molar-refractivity contribution in [2.24, 2.45) is 0 Å². The number of halogens is 1. The average molecular weight is 368 g/mol. The van der Waals surface area contributed by atoms with Gasteiger partial charge in [-0.25, -0.2) is 4.39 Å². The molecule has 3 rings (SSSR count). The zero-order valence-electron chi connectivity index (χ0n) is 14.1. The van der Waals surface area contributed by atoms with Crippen molar-refractivity contribution in [2.45, 2.75) is 6.61 Å². The van der Waals surface area contributed by atoms with Gasteiger partial charge in [0.2, 0.25) is 0 Å². The fourth-order valence-electron chi connectivity index (χ4n) is 2.41. The van der Waals surface area contributed by atoms with Crippen LogP contribution in [0.4, 0.5) is 4.39 Å². The molecule has 5 heteroatoms. The van der Waals surface area contributed by atoms with E-state index in [1.54, 1.807) is 43.5 Å². The van der Waals surface area contributed by atoms with Crippen LogP contribution in [0.1, 0.15) is 20.8 Å². The first-order valence-corrected chi connectivity index (χ1v) is 8.85. The van der Waals surface area contributed by atoms with Crippen molar-refractivity contribution in [1.29, 1.82) is 0 Å². The molecule has 3 nitrogen and oxygen atoms in total. The highest BCUT2D eigenvalue weighted by Crippen LogP contribution is 2.24. The molecule has 0 atom stereocenters. The molecule has 0 amide bonds. The number of rotatable bonds is 7. The molecule has 0 aliphatic heterocycles. The van der Waals surface area contributed by atoms with Crippen LogP contribution in [0.15, 0.2) is 66.1 Å². The third-order valence-corrected chi connectivity index (χ3v) is 4.60. The third kappa shape index (κ3) is 4.37. The number of hydrogen-bond acceptors (Lipinski definition) is 4. The summed E-state index contributed by atoms with van der Waals surface area (Å²) in [5.41, 5.74) is 1.60. The van der Waals surface area contributed by atoms with E-state index in [1.807, 2.05) is 23.6 Å². The Bertz CT molecular complexity index is 917. The van der Waals surface area contributed by atoms with Gasteiger partial charge in [-0.2, -0.15) is 0 Å². The largest absolute Gasteiger partial charge is 0.496 e. The lowest BCUT2D eigenvalue weighted by Gasteiger charge is -2.11. The van der Waals surface area contributed by atoms with E-state index in [4.69, 9.17) is 9.47 Å². The van der Waals surface area contributed by atoms with Gasteiger partial charge in [-0.05, 0) is 47.4 Å². The Labute approximate surface area is 155 Å². The molecule has 0 saturated carbocycles. The van der Waals surface area contributed by atoms with Crippen LogP contribution in [0.5, 0.6) is 11.5 Å². The minimum absolute atomic E-state index is 0.0417. The van der Waals surface area contributed by atoms with E-state index in [2.05, 4.69) is 0 Å². The van der Waals surface area contributed by atoms with Gasteiger partial charge in [0.15, 0.2) is 17.3 Å². The Morgan fingerprint density at radius 2 is 1.96 bits per heavy atom. The number of carbonyl (C=O) groups excluding carboxylic acids is 1. The molecule has 2 aromatic carbocycles. The molecule has 0 fully saturated rings. The van der Waals surface area contributed by atoms with Crippen LogP contribution in [0.25, 0.3) is 6.08 Å². The molecule has 0 aliphatic carbocycles. The van der Waals surface area contributed by atoms with Crippen molar-refractivity contribution in [1.82, 2.24) is 0 Å². The normalized spacial score (nSPS) is 10.8. The van der Waals surface area contributed by atoms with Crippen LogP contribution < -0.4 is 9.47 Å². The van der Waals surface area contributed by atoms with Gasteiger partial charge < -0.3 is 9.47 Å². The lowest BCUT2D eigenvalue weighted by molar-refractivity contribution is 0.105.